The van der Waals surface area contributed by atoms with E-state index in [9.17, 15) is 5.11 Å². The first-order valence-corrected chi connectivity index (χ1v) is 13.4. The normalized spacial score (nSPS) is 25.2. The number of pyridine rings is 1. The van der Waals surface area contributed by atoms with Crippen LogP contribution in [0, 0.1) is 0 Å². The summed E-state index contributed by atoms with van der Waals surface area (Å²) in [6, 6.07) is 13.2. The van der Waals surface area contributed by atoms with Crippen molar-refractivity contribution in [2.75, 3.05) is 62.4 Å². The number of β-amino-alcohol motifs (C(OH)–C–C–N with tert-alkyl or cyclic N) is 1. The number of ether oxygens (including phenoxy) is 2. The highest BCUT2D eigenvalue weighted by atomic mass is 16.5. The fourth-order valence-electron chi connectivity index (χ4n) is 5.60. The molecular weight excluding hydrogens is 468 g/mol. The average molecular weight is 505 g/mol. The second kappa shape index (κ2) is 10.5. The standard InChI is InChI=1S/C28H36N6O3/c1-19-17-36-12-10-33(19)27-24-6-7-25(22-5-3-4-21(14-22)15-32-9-8-23(35)16-32)29-26(24)30-28(31-27)34-11-13-37-18-20(34)2/h3-7,14,19-20,23,35H,8-13,15-18H2,1-2H3/t19-,20-,23-/m0/s1. The van der Waals surface area contributed by atoms with Crippen LogP contribution in [-0.4, -0.2) is 95.8 Å². The smallest absolute Gasteiger partial charge is 0.229 e. The summed E-state index contributed by atoms with van der Waals surface area (Å²) in [6.45, 7) is 11.1. The van der Waals surface area contributed by atoms with E-state index in [-0.39, 0.29) is 18.2 Å². The van der Waals surface area contributed by atoms with Crippen molar-refractivity contribution in [3.63, 3.8) is 0 Å². The van der Waals surface area contributed by atoms with Crippen molar-refractivity contribution in [1.82, 2.24) is 19.9 Å². The highest BCUT2D eigenvalue weighted by molar-refractivity contribution is 5.90. The molecule has 3 aliphatic heterocycles. The highest BCUT2D eigenvalue weighted by Crippen LogP contribution is 2.31. The molecule has 3 aromatic rings. The number of likely N-dealkylation sites (tertiary alicyclic amines) is 1. The van der Waals surface area contributed by atoms with Crippen molar-refractivity contribution in [3.8, 4) is 11.3 Å². The first-order chi connectivity index (χ1) is 18.0. The molecule has 9 heteroatoms. The summed E-state index contributed by atoms with van der Waals surface area (Å²) < 4.78 is 11.4. The molecule has 3 aliphatic rings. The summed E-state index contributed by atoms with van der Waals surface area (Å²) in [7, 11) is 0. The molecule has 0 spiro atoms. The van der Waals surface area contributed by atoms with E-state index in [1.54, 1.807) is 0 Å². The molecule has 0 saturated carbocycles. The third-order valence-electron chi connectivity index (χ3n) is 7.67. The van der Waals surface area contributed by atoms with Gasteiger partial charge in [-0.3, -0.25) is 4.90 Å². The van der Waals surface area contributed by atoms with Crippen LogP contribution < -0.4 is 9.80 Å². The largest absolute Gasteiger partial charge is 0.392 e. The number of rotatable bonds is 5. The van der Waals surface area contributed by atoms with Gasteiger partial charge in [-0.05, 0) is 44.0 Å². The average Bonchev–Trinajstić information content (AvgIpc) is 3.32. The number of hydrogen-bond donors (Lipinski definition) is 1. The van der Waals surface area contributed by atoms with Gasteiger partial charge in [0.25, 0.3) is 0 Å². The molecule has 3 saturated heterocycles. The van der Waals surface area contributed by atoms with Crippen LogP contribution in [0.5, 0.6) is 0 Å². The lowest BCUT2D eigenvalue weighted by atomic mass is 10.1. The predicted octanol–water partition coefficient (Wildman–Crippen LogP) is 2.71. The molecule has 1 N–H and O–H groups in total. The Morgan fingerprint density at radius 3 is 2.43 bits per heavy atom. The van der Waals surface area contributed by atoms with Gasteiger partial charge in [0.1, 0.15) is 5.82 Å². The lowest BCUT2D eigenvalue weighted by Crippen LogP contribution is -2.46. The third kappa shape index (κ3) is 5.13. The minimum absolute atomic E-state index is 0.199. The van der Waals surface area contributed by atoms with E-state index in [4.69, 9.17) is 24.4 Å². The number of aliphatic hydroxyl groups is 1. The zero-order chi connectivity index (χ0) is 25.4. The molecule has 196 valence electrons. The Bertz CT molecular complexity index is 1260. The summed E-state index contributed by atoms with van der Waals surface area (Å²) in [5.41, 5.74) is 3.90. The number of fused-ring (bicyclic) bond motifs is 1. The predicted molar refractivity (Wildman–Crippen MR) is 144 cm³/mol. The fraction of sp³-hybridized carbons (Fsp3) is 0.536. The number of aliphatic hydroxyl groups excluding tert-OH is 1. The molecule has 2 aromatic heterocycles. The van der Waals surface area contributed by atoms with E-state index in [0.717, 1.165) is 61.6 Å². The van der Waals surface area contributed by atoms with E-state index < -0.39 is 0 Å². The number of anilines is 2. The van der Waals surface area contributed by atoms with Gasteiger partial charge in [0.05, 0.1) is 55.7 Å². The van der Waals surface area contributed by atoms with Crippen molar-refractivity contribution in [3.05, 3.63) is 42.0 Å². The lowest BCUT2D eigenvalue weighted by Gasteiger charge is -2.37. The van der Waals surface area contributed by atoms with Crippen LogP contribution in [0.3, 0.4) is 0 Å². The lowest BCUT2D eigenvalue weighted by molar-refractivity contribution is 0.0973. The highest BCUT2D eigenvalue weighted by Gasteiger charge is 2.27. The van der Waals surface area contributed by atoms with E-state index in [1.807, 2.05) is 0 Å². The zero-order valence-corrected chi connectivity index (χ0v) is 21.7. The number of morpholine rings is 2. The molecule has 0 bridgehead atoms. The third-order valence-corrected chi connectivity index (χ3v) is 7.67. The molecule has 0 unspecified atom stereocenters. The molecule has 6 rings (SSSR count). The molecule has 9 nitrogen and oxygen atoms in total. The molecule has 0 aliphatic carbocycles. The maximum atomic E-state index is 9.89. The zero-order valence-electron chi connectivity index (χ0n) is 21.7. The van der Waals surface area contributed by atoms with Crippen LogP contribution in [0.25, 0.3) is 22.3 Å². The molecule has 0 radical (unpaired) electrons. The number of hydrogen-bond acceptors (Lipinski definition) is 9. The van der Waals surface area contributed by atoms with E-state index >= 15 is 0 Å². The van der Waals surface area contributed by atoms with Crippen molar-refractivity contribution in [2.45, 2.75) is 45.0 Å². The Hall–Kier alpha value is -2.85. The second-order valence-electron chi connectivity index (χ2n) is 10.5. The van der Waals surface area contributed by atoms with Gasteiger partial charge in [-0.15, -0.1) is 0 Å². The summed E-state index contributed by atoms with van der Waals surface area (Å²) in [6.07, 6.45) is 0.636. The van der Waals surface area contributed by atoms with Crippen molar-refractivity contribution in [1.29, 1.82) is 0 Å². The number of aromatic nitrogens is 3. The minimum Gasteiger partial charge on any atom is -0.392 e. The summed E-state index contributed by atoms with van der Waals surface area (Å²) >= 11 is 0. The van der Waals surface area contributed by atoms with Crippen LogP contribution in [-0.2, 0) is 16.0 Å². The van der Waals surface area contributed by atoms with Gasteiger partial charge in [-0.25, -0.2) is 4.98 Å². The molecule has 3 atom stereocenters. The number of nitrogens with zero attached hydrogens (tertiary/aromatic N) is 6. The Kier molecular flexibility index (Phi) is 6.94. The monoisotopic (exact) mass is 504 g/mol. The maximum Gasteiger partial charge on any atom is 0.229 e. The van der Waals surface area contributed by atoms with Gasteiger partial charge in [-0.1, -0.05) is 18.2 Å². The van der Waals surface area contributed by atoms with E-state index in [0.29, 0.717) is 38.0 Å². The Balaban J connectivity index is 1.38. The molecule has 37 heavy (non-hydrogen) atoms. The Morgan fingerprint density at radius 2 is 1.70 bits per heavy atom. The minimum atomic E-state index is -0.211. The van der Waals surface area contributed by atoms with Crippen LogP contribution in [0.2, 0.25) is 0 Å². The quantitative estimate of drug-likeness (QED) is 0.564. The van der Waals surface area contributed by atoms with Gasteiger partial charge in [0.2, 0.25) is 5.95 Å². The number of benzene rings is 1. The van der Waals surface area contributed by atoms with Crippen LogP contribution in [0.4, 0.5) is 11.8 Å². The SMILES string of the molecule is C[C@H]1COCCN1c1nc(N2CCOC[C@@H]2C)c2ccc(-c3cccc(CN4CC[C@H](O)C4)c3)nc2n1. The summed E-state index contributed by atoms with van der Waals surface area (Å²) in [5, 5.41) is 10.9. The molecule has 5 heterocycles. The molecule has 1 aromatic carbocycles. The van der Waals surface area contributed by atoms with E-state index in [1.165, 1.54) is 5.56 Å². The van der Waals surface area contributed by atoms with Crippen molar-refractivity contribution in [2.24, 2.45) is 0 Å². The topological polar surface area (TPSA) is 87.1 Å². The Labute approximate surface area is 218 Å². The molecular formula is C28H36N6O3. The van der Waals surface area contributed by atoms with Gasteiger partial charge in [0.15, 0.2) is 5.65 Å². The van der Waals surface area contributed by atoms with Crippen LogP contribution in [0.1, 0.15) is 25.8 Å². The fourth-order valence-corrected chi connectivity index (χ4v) is 5.60. The van der Waals surface area contributed by atoms with E-state index in [2.05, 4.69) is 64.9 Å². The van der Waals surface area contributed by atoms with Gasteiger partial charge in [-0.2, -0.15) is 9.97 Å². The maximum absolute atomic E-state index is 9.89. The molecule has 3 fully saturated rings. The summed E-state index contributed by atoms with van der Waals surface area (Å²) in [4.78, 5) is 22.0. The van der Waals surface area contributed by atoms with Gasteiger partial charge < -0.3 is 24.4 Å². The first kappa shape index (κ1) is 24.5. The molecule has 0 amide bonds. The van der Waals surface area contributed by atoms with Gasteiger partial charge >= 0.3 is 0 Å². The Morgan fingerprint density at radius 1 is 0.919 bits per heavy atom. The second-order valence-corrected chi connectivity index (χ2v) is 10.5. The van der Waals surface area contributed by atoms with Crippen LogP contribution in [0.15, 0.2) is 36.4 Å². The van der Waals surface area contributed by atoms with Crippen LogP contribution >= 0.6 is 0 Å². The van der Waals surface area contributed by atoms with Gasteiger partial charge in [0, 0.05) is 38.3 Å². The van der Waals surface area contributed by atoms with Crippen molar-refractivity contribution >= 4 is 22.8 Å². The first-order valence-electron chi connectivity index (χ1n) is 13.4. The summed E-state index contributed by atoms with van der Waals surface area (Å²) in [5.74, 6) is 1.64. The van der Waals surface area contributed by atoms with Crippen molar-refractivity contribution < 1.29 is 14.6 Å².